The lowest BCUT2D eigenvalue weighted by Crippen LogP contribution is -2.30. The molecule has 0 fully saturated rings. The van der Waals surface area contributed by atoms with E-state index in [9.17, 15) is 19.0 Å². The lowest BCUT2D eigenvalue weighted by molar-refractivity contribution is -0.228. The number of phosphoric acid groups is 1. The number of nitrogens with one attached hydrogen (secondary N) is 1. The second kappa shape index (κ2) is 35.8. The number of likely N-dealkylation sites (N-methyl/N-ethyl adjacent to an activating group) is 1. The molecule has 1 N–H and O–H groups in total. The average Bonchev–Trinajstić information content (AvgIpc) is 3.06. The van der Waals surface area contributed by atoms with Crippen LogP contribution in [0.25, 0.3) is 0 Å². The van der Waals surface area contributed by atoms with E-state index < -0.39 is 26.5 Å². The van der Waals surface area contributed by atoms with Crippen LogP contribution >= 0.6 is 7.82 Å². The Balaban J connectivity index is 4.24. The lowest BCUT2D eigenvalue weighted by atomic mass is 10.0. The van der Waals surface area contributed by atoms with Crippen molar-refractivity contribution in [3.05, 3.63) is 0 Å². The van der Waals surface area contributed by atoms with Crippen molar-refractivity contribution in [2.45, 2.75) is 200 Å². The van der Waals surface area contributed by atoms with Crippen molar-refractivity contribution in [3.63, 3.8) is 0 Å². The Kier molecular flexibility index (Phi) is 35.1. The molecule has 48 heavy (non-hydrogen) atoms. The Hall–Kier alpha value is -0.990. The van der Waals surface area contributed by atoms with Gasteiger partial charge in [0, 0.05) is 19.4 Å². The van der Waals surface area contributed by atoms with Crippen LogP contribution in [-0.2, 0) is 32.7 Å². The van der Waals surface area contributed by atoms with Gasteiger partial charge in [-0.1, -0.05) is 168 Å². The topological polar surface area (TPSA) is 123 Å². The number of hydrogen-bond donors (Lipinski definition) is 1. The minimum absolute atomic E-state index is 0.0745. The first kappa shape index (κ1) is 47.0. The smallest absolute Gasteiger partial charge is 0.306 e. The fourth-order valence-electron chi connectivity index (χ4n) is 5.66. The maximum absolute atomic E-state index is 12.5. The van der Waals surface area contributed by atoms with Crippen LogP contribution in [0.15, 0.2) is 0 Å². The normalized spacial score (nSPS) is 13.3. The highest BCUT2D eigenvalue weighted by Crippen LogP contribution is 2.38. The third kappa shape index (κ3) is 34.9. The number of ether oxygens (including phenoxy) is 2. The molecule has 0 saturated heterocycles. The van der Waals surface area contributed by atoms with Crippen LogP contribution in [0.4, 0.5) is 0 Å². The third-order valence-corrected chi connectivity index (χ3v) is 9.68. The van der Waals surface area contributed by atoms with E-state index >= 15 is 0 Å². The number of carbonyl (C=O) groups is 2. The predicted octanol–water partition coefficient (Wildman–Crippen LogP) is 10.1. The first-order valence-electron chi connectivity index (χ1n) is 19.9. The molecule has 10 heteroatoms. The molecule has 0 aliphatic rings. The molecular weight excluding hydrogens is 629 g/mol. The Labute approximate surface area is 295 Å². The van der Waals surface area contributed by atoms with Crippen molar-refractivity contribution in [3.8, 4) is 0 Å². The maximum Gasteiger partial charge on any atom is 0.306 e. The van der Waals surface area contributed by atoms with Gasteiger partial charge in [-0.2, -0.15) is 0 Å². The van der Waals surface area contributed by atoms with Gasteiger partial charge in [0.25, 0.3) is 7.82 Å². The zero-order chi connectivity index (χ0) is 35.4. The molecule has 286 valence electrons. The van der Waals surface area contributed by atoms with Crippen molar-refractivity contribution in [1.29, 1.82) is 0 Å². The molecule has 2 unspecified atom stereocenters. The van der Waals surface area contributed by atoms with Crippen molar-refractivity contribution in [2.24, 2.45) is 0 Å². The SMILES string of the molecule is CCCCCCCCCCCCCCCC(=O)OCC(COP(=O)([O-])OCCNC)OC(=O)CCCCCCCCCCCCCCC. The molecule has 0 radical (unpaired) electrons. The molecule has 0 rings (SSSR count). The molecule has 9 nitrogen and oxygen atoms in total. The Bertz CT molecular complexity index is 769. The molecule has 0 heterocycles. The fourth-order valence-corrected chi connectivity index (χ4v) is 6.40. The van der Waals surface area contributed by atoms with Gasteiger partial charge in [0.2, 0.25) is 0 Å². The number of carbonyl (C=O) groups excluding carboxylic acids is 2. The van der Waals surface area contributed by atoms with E-state index in [1.54, 1.807) is 7.05 Å². The molecule has 2 atom stereocenters. The first-order chi connectivity index (χ1) is 23.3. The van der Waals surface area contributed by atoms with Crippen molar-refractivity contribution in [2.75, 3.05) is 33.4 Å². The number of unbranched alkanes of at least 4 members (excludes halogenated alkanes) is 24. The summed E-state index contributed by atoms with van der Waals surface area (Å²) in [5.41, 5.74) is 0. The minimum Gasteiger partial charge on any atom is -0.756 e. The summed E-state index contributed by atoms with van der Waals surface area (Å²) in [4.78, 5) is 37.0. The third-order valence-electron chi connectivity index (χ3n) is 8.72. The second-order valence-electron chi connectivity index (χ2n) is 13.5. The summed E-state index contributed by atoms with van der Waals surface area (Å²) in [6.45, 7) is 4.04. The molecule has 0 bridgehead atoms. The van der Waals surface area contributed by atoms with Gasteiger partial charge < -0.3 is 28.7 Å². The minimum atomic E-state index is -4.58. The van der Waals surface area contributed by atoms with E-state index in [0.717, 1.165) is 32.1 Å². The van der Waals surface area contributed by atoms with Gasteiger partial charge >= 0.3 is 11.9 Å². The standard InChI is InChI=1S/C38H76NO8P/c1-4-6-8-10-12-14-16-18-20-22-24-26-28-30-37(40)44-34-36(35-46-48(42,43)45-33-32-39-3)47-38(41)31-29-27-25-23-21-19-17-15-13-11-9-7-5-2/h36,39H,4-35H2,1-3H3,(H,42,43)/p-1. The molecule has 0 aromatic carbocycles. The van der Waals surface area contributed by atoms with Crippen LogP contribution in [0.5, 0.6) is 0 Å². The average molecular weight is 705 g/mol. The zero-order valence-electron chi connectivity index (χ0n) is 31.4. The number of rotatable bonds is 38. The van der Waals surface area contributed by atoms with Gasteiger partial charge in [0.15, 0.2) is 6.10 Å². The molecular formula is C38H75NO8P-. The van der Waals surface area contributed by atoms with Crippen LogP contribution in [-0.4, -0.2) is 51.5 Å². The summed E-state index contributed by atoms with van der Waals surface area (Å²) in [6.07, 6.45) is 31.2. The summed E-state index contributed by atoms with van der Waals surface area (Å²) in [6, 6.07) is 0. The highest BCUT2D eigenvalue weighted by Gasteiger charge is 2.21. The van der Waals surface area contributed by atoms with Crippen molar-refractivity contribution in [1.82, 2.24) is 5.32 Å². The van der Waals surface area contributed by atoms with Gasteiger partial charge in [-0.15, -0.1) is 0 Å². The molecule has 0 saturated carbocycles. The molecule has 0 aromatic rings. The van der Waals surface area contributed by atoms with E-state index in [1.165, 1.54) is 128 Å². The summed E-state index contributed by atoms with van der Waals surface area (Å²) in [5, 5.41) is 2.79. The molecule has 0 aromatic heterocycles. The van der Waals surface area contributed by atoms with E-state index in [0.29, 0.717) is 13.0 Å². The maximum atomic E-state index is 12.5. The van der Waals surface area contributed by atoms with Gasteiger partial charge in [-0.05, 0) is 19.9 Å². The zero-order valence-corrected chi connectivity index (χ0v) is 32.3. The first-order valence-corrected chi connectivity index (χ1v) is 21.4. The second-order valence-corrected chi connectivity index (χ2v) is 14.9. The van der Waals surface area contributed by atoms with Crippen molar-refractivity contribution >= 4 is 19.8 Å². The number of hydrogen-bond acceptors (Lipinski definition) is 9. The van der Waals surface area contributed by atoms with Gasteiger partial charge in [-0.3, -0.25) is 14.2 Å². The van der Waals surface area contributed by atoms with Gasteiger partial charge in [0.1, 0.15) is 6.61 Å². The van der Waals surface area contributed by atoms with Crippen LogP contribution < -0.4 is 10.2 Å². The Morgan fingerprint density at radius 3 is 1.33 bits per heavy atom. The summed E-state index contributed by atoms with van der Waals surface area (Å²) < 4.78 is 32.7. The quantitative estimate of drug-likeness (QED) is 0.0380. The van der Waals surface area contributed by atoms with Gasteiger partial charge in [-0.25, -0.2) is 0 Å². The van der Waals surface area contributed by atoms with E-state index in [4.69, 9.17) is 18.5 Å². The monoisotopic (exact) mass is 705 g/mol. The summed E-state index contributed by atoms with van der Waals surface area (Å²) in [5.74, 6) is -0.831. The molecule has 0 amide bonds. The van der Waals surface area contributed by atoms with Crippen LogP contribution in [0.2, 0.25) is 0 Å². The largest absolute Gasteiger partial charge is 0.756 e. The predicted molar refractivity (Wildman–Crippen MR) is 195 cm³/mol. The Morgan fingerprint density at radius 1 is 0.562 bits per heavy atom. The lowest BCUT2D eigenvalue weighted by Gasteiger charge is -2.25. The fraction of sp³-hybridized carbons (Fsp3) is 0.947. The van der Waals surface area contributed by atoms with Crippen molar-refractivity contribution < 1.29 is 37.6 Å². The summed E-state index contributed by atoms with van der Waals surface area (Å²) >= 11 is 0. The Morgan fingerprint density at radius 2 is 0.938 bits per heavy atom. The number of phosphoric ester groups is 1. The molecule has 0 aliphatic heterocycles. The molecule has 0 spiro atoms. The van der Waals surface area contributed by atoms with Crippen LogP contribution in [0.1, 0.15) is 194 Å². The highest BCUT2D eigenvalue weighted by molar-refractivity contribution is 7.45. The van der Waals surface area contributed by atoms with E-state index in [1.807, 2.05) is 0 Å². The highest BCUT2D eigenvalue weighted by atomic mass is 31.2. The van der Waals surface area contributed by atoms with Gasteiger partial charge in [0.05, 0.1) is 13.2 Å². The van der Waals surface area contributed by atoms with Crippen LogP contribution in [0.3, 0.4) is 0 Å². The molecule has 0 aliphatic carbocycles. The van der Waals surface area contributed by atoms with E-state index in [-0.39, 0.29) is 32.0 Å². The van der Waals surface area contributed by atoms with Crippen LogP contribution in [0, 0.1) is 0 Å². The van der Waals surface area contributed by atoms with E-state index in [2.05, 4.69) is 19.2 Å². The number of esters is 2. The summed E-state index contributed by atoms with van der Waals surface area (Å²) in [7, 11) is -2.90.